The highest BCUT2D eigenvalue weighted by Gasteiger charge is 2.44. The molecule has 2 saturated heterocycles. The van der Waals surface area contributed by atoms with E-state index in [-0.39, 0.29) is 48.0 Å². The van der Waals surface area contributed by atoms with Gasteiger partial charge in [0.2, 0.25) is 11.8 Å². The third-order valence-electron chi connectivity index (χ3n) is 10.5. The fourth-order valence-corrected chi connectivity index (χ4v) is 8.54. The van der Waals surface area contributed by atoms with E-state index in [0.29, 0.717) is 23.1 Å². The molecule has 3 aromatic rings. The van der Waals surface area contributed by atoms with Crippen LogP contribution in [0.3, 0.4) is 0 Å². The van der Waals surface area contributed by atoms with Gasteiger partial charge in [-0.05, 0) is 81.5 Å². The van der Waals surface area contributed by atoms with Crippen molar-refractivity contribution in [2.24, 2.45) is 0 Å². The number of pyridine rings is 1. The molecule has 5 aliphatic rings. The van der Waals surface area contributed by atoms with Gasteiger partial charge < -0.3 is 24.4 Å². The summed E-state index contributed by atoms with van der Waals surface area (Å²) >= 11 is 1.44. The fraction of sp³-hybridized carbons (Fsp3) is 0.447. The second-order valence-electron chi connectivity index (χ2n) is 14.3. The number of amides is 4. The number of rotatable bonds is 13. The van der Waals surface area contributed by atoms with Gasteiger partial charge in [0.05, 0.1) is 45.4 Å². The number of anilines is 2. The van der Waals surface area contributed by atoms with Crippen molar-refractivity contribution < 1.29 is 38.3 Å². The zero-order valence-corrected chi connectivity index (χ0v) is 30.3. The van der Waals surface area contributed by atoms with Crippen LogP contribution < -0.4 is 20.1 Å². The lowest BCUT2D eigenvalue weighted by atomic mass is 9.91. The molecule has 4 amide bonds. The summed E-state index contributed by atoms with van der Waals surface area (Å²) in [5.41, 5.74) is 1.31. The van der Waals surface area contributed by atoms with E-state index in [1.54, 1.807) is 18.2 Å². The number of nitrogens with one attached hydrogen (secondary N) is 2. The van der Waals surface area contributed by atoms with Crippen LogP contribution in [0.15, 0.2) is 58.5 Å². The molecule has 2 aromatic carbocycles. The third-order valence-corrected chi connectivity index (χ3v) is 11.6. The third kappa shape index (κ3) is 7.63. The molecule has 1 saturated carbocycles. The molecular weight excluding hydrogens is 717 g/mol. The molecule has 16 heteroatoms. The molecule has 54 heavy (non-hydrogen) atoms. The quantitative estimate of drug-likeness (QED) is 0.0783. The normalized spacial score (nSPS) is 22.4. The zero-order chi connectivity index (χ0) is 37.3. The standard InChI is InChI=1S/C38H40N6O9S/c45-34-9-8-31(36(46)41-34)43-37(47)28-6-4-24(19-29(28)38(43)48)51-15-3-1-2-12-42-13-10-23(11-14-42)52-26-17-27(18-26)53-25-5-7-30-32(20-25)54-33-16-22(44(49)50)21-39-35(33)40-30/h4-7,16,19-21,23,26-27,31H,1-3,8-15,17-18H2,(H,39,40)(H,41,45,46)/t26-,27-,31?. The van der Waals surface area contributed by atoms with Crippen molar-refractivity contribution in [2.45, 2.75) is 91.9 Å². The molecule has 0 bridgehead atoms. The van der Waals surface area contributed by atoms with Gasteiger partial charge in [0, 0.05) is 43.3 Å². The molecule has 4 aliphatic heterocycles. The monoisotopic (exact) mass is 756 g/mol. The molecule has 0 radical (unpaired) electrons. The van der Waals surface area contributed by atoms with Crippen LogP contribution in [0.2, 0.25) is 0 Å². The number of hydrogen-bond acceptors (Lipinski definition) is 13. The lowest BCUT2D eigenvalue weighted by Crippen LogP contribution is -2.54. The molecule has 1 aliphatic carbocycles. The van der Waals surface area contributed by atoms with Gasteiger partial charge in [-0.15, -0.1) is 0 Å². The molecule has 1 aromatic heterocycles. The Labute approximate surface area is 315 Å². The van der Waals surface area contributed by atoms with Crippen LogP contribution >= 0.6 is 11.8 Å². The summed E-state index contributed by atoms with van der Waals surface area (Å²) in [5.74, 6) is -0.223. The number of carbonyl (C=O) groups excluding carboxylic acids is 4. The Morgan fingerprint density at radius 1 is 0.852 bits per heavy atom. The first-order valence-electron chi connectivity index (χ1n) is 18.4. The van der Waals surface area contributed by atoms with E-state index in [2.05, 4.69) is 20.5 Å². The van der Waals surface area contributed by atoms with Crippen LogP contribution in [0, 0.1) is 10.1 Å². The summed E-state index contributed by atoms with van der Waals surface area (Å²) < 4.78 is 18.6. The minimum absolute atomic E-state index is 0.0380. The average molecular weight is 757 g/mol. The number of fused-ring (bicyclic) bond motifs is 3. The maximum Gasteiger partial charge on any atom is 0.288 e. The largest absolute Gasteiger partial charge is 0.494 e. The van der Waals surface area contributed by atoms with Crippen molar-refractivity contribution in [1.82, 2.24) is 20.1 Å². The van der Waals surface area contributed by atoms with Gasteiger partial charge in [-0.3, -0.25) is 39.5 Å². The van der Waals surface area contributed by atoms with Gasteiger partial charge in [0.1, 0.15) is 35.7 Å². The molecule has 8 rings (SSSR count). The van der Waals surface area contributed by atoms with Crippen molar-refractivity contribution in [3.05, 3.63) is 69.9 Å². The lowest BCUT2D eigenvalue weighted by Gasteiger charge is -2.40. The summed E-state index contributed by atoms with van der Waals surface area (Å²) in [6.45, 7) is 3.52. The summed E-state index contributed by atoms with van der Waals surface area (Å²) in [5, 5.41) is 16.6. The van der Waals surface area contributed by atoms with Crippen LogP contribution in [0.5, 0.6) is 11.5 Å². The summed E-state index contributed by atoms with van der Waals surface area (Å²) in [6.07, 6.45) is 8.64. The number of piperidine rings is 2. The Morgan fingerprint density at radius 3 is 2.44 bits per heavy atom. The van der Waals surface area contributed by atoms with Crippen LogP contribution in [-0.4, -0.2) is 93.9 Å². The number of imide groups is 2. The molecule has 1 atom stereocenters. The van der Waals surface area contributed by atoms with Crippen molar-refractivity contribution in [3.63, 3.8) is 0 Å². The summed E-state index contributed by atoms with van der Waals surface area (Å²) in [4.78, 5) is 69.8. The topological polar surface area (TPSA) is 183 Å². The maximum absolute atomic E-state index is 13.1. The molecular formula is C38H40N6O9S. The number of unbranched alkanes of at least 4 members (excludes halogenated alkanes) is 2. The van der Waals surface area contributed by atoms with Crippen molar-refractivity contribution in [1.29, 1.82) is 0 Å². The van der Waals surface area contributed by atoms with E-state index in [4.69, 9.17) is 14.2 Å². The predicted molar refractivity (Wildman–Crippen MR) is 195 cm³/mol. The summed E-state index contributed by atoms with van der Waals surface area (Å²) in [6, 6.07) is 11.2. The smallest absolute Gasteiger partial charge is 0.288 e. The minimum atomic E-state index is -0.989. The van der Waals surface area contributed by atoms with Crippen molar-refractivity contribution in [3.8, 4) is 11.5 Å². The SMILES string of the molecule is O=C1CCC(N2C(=O)c3ccc(OCCCCCN4CCC(O[C@H]5C[C@H](Oc6ccc7c(c6)Sc6cc([N+](=O)[O-])cnc6N7)C5)CC4)cc3C2=O)C(=O)N1. The molecule has 15 nitrogen and oxygen atoms in total. The predicted octanol–water partition coefficient (Wildman–Crippen LogP) is 5.24. The van der Waals surface area contributed by atoms with Gasteiger partial charge in [-0.25, -0.2) is 4.98 Å². The van der Waals surface area contributed by atoms with Gasteiger partial charge in [0.25, 0.3) is 17.5 Å². The van der Waals surface area contributed by atoms with E-state index in [0.717, 1.165) is 85.8 Å². The van der Waals surface area contributed by atoms with Crippen LogP contribution in [-0.2, 0) is 14.3 Å². The van der Waals surface area contributed by atoms with E-state index in [1.165, 1.54) is 24.0 Å². The highest BCUT2D eigenvalue weighted by atomic mass is 32.2. The number of benzene rings is 2. The molecule has 0 spiro atoms. The Balaban J connectivity index is 0.696. The first-order chi connectivity index (χ1) is 26.2. The Hall–Kier alpha value is -5.06. The number of carbonyl (C=O) groups is 4. The first-order valence-corrected chi connectivity index (χ1v) is 19.3. The number of likely N-dealkylation sites (tertiary alicyclic amines) is 1. The highest BCUT2D eigenvalue weighted by Crippen LogP contribution is 2.46. The Bertz CT molecular complexity index is 2000. The number of hydrogen-bond donors (Lipinski definition) is 2. The zero-order valence-electron chi connectivity index (χ0n) is 29.5. The molecule has 2 N–H and O–H groups in total. The van der Waals surface area contributed by atoms with E-state index >= 15 is 0 Å². The second-order valence-corrected chi connectivity index (χ2v) is 15.3. The van der Waals surface area contributed by atoms with Crippen LogP contribution in [0.25, 0.3) is 0 Å². The van der Waals surface area contributed by atoms with E-state index < -0.39 is 34.6 Å². The van der Waals surface area contributed by atoms with E-state index in [9.17, 15) is 29.3 Å². The van der Waals surface area contributed by atoms with Gasteiger partial charge in [-0.2, -0.15) is 0 Å². The number of ether oxygens (including phenoxy) is 3. The van der Waals surface area contributed by atoms with Crippen LogP contribution in [0.1, 0.15) is 78.5 Å². The van der Waals surface area contributed by atoms with Gasteiger partial charge >= 0.3 is 0 Å². The number of nitro groups is 1. The molecule has 282 valence electrons. The lowest BCUT2D eigenvalue weighted by molar-refractivity contribution is -0.385. The molecule has 5 heterocycles. The van der Waals surface area contributed by atoms with E-state index in [1.807, 2.05) is 18.2 Å². The second kappa shape index (κ2) is 15.4. The maximum atomic E-state index is 13.1. The number of aromatic nitrogens is 1. The average Bonchev–Trinajstić information content (AvgIpc) is 3.39. The molecule has 1 unspecified atom stereocenters. The van der Waals surface area contributed by atoms with Crippen LogP contribution in [0.4, 0.5) is 17.2 Å². The molecule has 3 fully saturated rings. The fourth-order valence-electron chi connectivity index (χ4n) is 7.52. The first kappa shape index (κ1) is 35.9. The highest BCUT2D eigenvalue weighted by molar-refractivity contribution is 7.99. The number of nitrogens with zero attached hydrogens (tertiary/aromatic N) is 4. The Morgan fingerprint density at radius 2 is 1.65 bits per heavy atom. The Kier molecular flexibility index (Phi) is 10.2. The van der Waals surface area contributed by atoms with Gasteiger partial charge in [0.15, 0.2) is 0 Å². The van der Waals surface area contributed by atoms with Crippen molar-refractivity contribution in [2.75, 3.05) is 31.6 Å². The van der Waals surface area contributed by atoms with Crippen molar-refractivity contribution >= 4 is 52.6 Å². The minimum Gasteiger partial charge on any atom is -0.494 e. The summed E-state index contributed by atoms with van der Waals surface area (Å²) in [7, 11) is 0. The van der Waals surface area contributed by atoms with Gasteiger partial charge in [-0.1, -0.05) is 11.8 Å².